The van der Waals surface area contributed by atoms with Crippen LogP contribution in [-0.2, 0) is 20.9 Å². The average molecular weight is 349 g/mol. The van der Waals surface area contributed by atoms with Gasteiger partial charge in [-0.3, -0.25) is 4.79 Å². The van der Waals surface area contributed by atoms with E-state index in [0.717, 1.165) is 22.6 Å². The number of methoxy groups -OCH3 is 2. The molecule has 0 spiro atoms. The fraction of sp³-hybridized carbons (Fsp3) is 0.294. The highest BCUT2D eigenvalue weighted by Gasteiger charge is 2.16. The zero-order valence-electron chi connectivity index (χ0n) is 13.7. The molecular formula is C17H19NO5S. The van der Waals surface area contributed by atoms with Crippen LogP contribution >= 0.6 is 11.3 Å². The van der Waals surface area contributed by atoms with Crippen LogP contribution in [0.5, 0.6) is 5.75 Å². The summed E-state index contributed by atoms with van der Waals surface area (Å²) in [4.78, 5) is 24.0. The van der Waals surface area contributed by atoms with Crippen LogP contribution in [0.1, 0.15) is 22.2 Å². The summed E-state index contributed by atoms with van der Waals surface area (Å²) in [6, 6.07) is 10.7. The fourth-order valence-corrected chi connectivity index (χ4v) is 2.72. The Kier molecular flexibility index (Phi) is 6.34. The van der Waals surface area contributed by atoms with Crippen molar-refractivity contribution in [3.05, 3.63) is 46.8 Å². The topological polar surface area (TPSA) is 73.9 Å². The first kappa shape index (κ1) is 18.0. The standard InChI is InChI=1S/C17H19NO5S/c1-11(23-10-12-5-4-6-13(9-12)21-2)16(19)18-15-8-7-14(24-15)17(20)22-3/h4-9,11H,10H2,1-3H3,(H,18,19). The molecule has 2 rings (SSSR count). The number of rotatable bonds is 7. The quantitative estimate of drug-likeness (QED) is 0.778. The maximum Gasteiger partial charge on any atom is 0.348 e. The van der Waals surface area contributed by atoms with Crippen molar-refractivity contribution in [2.45, 2.75) is 19.6 Å². The van der Waals surface area contributed by atoms with Crippen molar-refractivity contribution in [2.24, 2.45) is 0 Å². The summed E-state index contributed by atoms with van der Waals surface area (Å²) in [6.07, 6.45) is -0.639. The monoisotopic (exact) mass is 349 g/mol. The SMILES string of the molecule is COC(=O)c1ccc(NC(=O)C(C)OCc2cccc(OC)c2)s1. The molecule has 1 aromatic carbocycles. The Hall–Kier alpha value is -2.38. The van der Waals surface area contributed by atoms with Gasteiger partial charge in [0.25, 0.3) is 5.91 Å². The molecule has 1 amide bonds. The number of esters is 1. The third-order valence-corrected chi connectivity index (χ3v) is 4.22. The number of anilines is 1. The van der Waals surface area contributed by atoms with Gasteiger partial charge in [0.05, 0.1) is 25.8 Å². The lowest BCUT2D eigenvalue weighted by Gasteiger charge is -2.13. The molecule has 1 atom stereocenters. The van der Waals surface area contributed by atoms with Gasteiger partial charge in [-0.2, -0.15) is 0 Å². The third-order valence-electron chi connectivity index (χ3n) is 3.24. The summed E-state index contributed by atoms with van der Waals surface area (Å²) in [6.45, 7) is 1.97. The van der Waals surface area contributed by atoms with E-state index in [1.54, 1.807) is 26.2 Å². The predicted octanol–water partition coefficient (Wildman–Crippen LogP) is 3.09. The Labute approximate surface area is 144 Å². The van der Waals surface area contributed by atoms with E-state index in [1.807, 2.05) is 24.3 Å². The number of thiophene rings is 1. The third kappa shape index (κ3) is 4.81. The van der Waals surface area contributed by atoms with Gasteiger partial charge in [-0.1, -0.05) is 12.1 Å². The minimum absolute atomic E-state index is 0.281. The molecule has 0 saturated carbocycles. The second-order valence-electron chi connectivity index (χ2n) is 4.95. The molecule has 0 aliphatic rings. The molecule has 2 aromatic rings. The molecule has 1 aromatic heterocycles. The Balaban J connectivity index is 1.87. The molecule has 0 aliphatic carbocycles. The van der Waals surface area contributed by atoms with Gasteiger partial charge in [0.15, 0.2) is 0 Å². The first-order valence-corrected chi connectivity index (χ1v) is 8.08. The van der Waals surface area contributed by atoms with Gasteiger partial charge in [0, 0.05) is 0 Å². The fourth-order valence-electron chi connectivity index (χ4n) is 1.90. The van der Waals surface area contributed by atoms with Crippen molar-refractivity contribution in [3.8, 4) is 5.75 Å². The summed E-state index contributed by atoms with van der Waals surface area (Å²) in [5.41, 5.74) is 0.915. The lowest BCUT2D eigenvalue weighted by molar-refractivity contribution is -0.127. The van der Waals surface area contributed by atoms with E-state index in [9.17, 15) is 9.59 Å². The van der Waals surface area contributed by atoms with Crippen LogP contribution in [0.3, 0.4) is 0 Å². The van der Waals surface area contributed by atoms with Crippen LogP contribution in [0.2, 0.25) is 0 Å². The Morgan fingerprint density at radius 3 is 2.71 bits per heavy atom. The Morgan fingerprint density at radius 1 is 1.21 bits per heavy atom. The Bertz CT molecular complexity index is 713. The van der Waals surface area contributed by atoms with Gasteiger partial charge in [-0.15, -0.1) is 11.3 Å². The molecule has 1 unspecified atom stereocenters. The van der Waals surface area contributed by atoms with Crippen molar-refractivity contribution in [1.82, 2.24) is 0 Å². The predicted molar refractivity (Wildman–Crippen MR) is 91.5 cm³/mol. The molecular weight excluding hydrogens is 330 g/mol. The zero-order chi connectivity index (χ0) is 17.5. The van der Waals surface area contributed by atoms with E-state index in [0.29, 0.717) is 16.5 Å². The maximum absolute atomic E-state index is 12.1. The van der Waals surface area contributed by atoms with Crippen LogP contribution < -0.4 is 10.1 Å². The van der Waals surface area contributed by atoms with Gasteiger partial charge < -0.3 is 19.5 Å². The molecule has 0 fully saturated rings. The molecule has 1 heterocycles. The zero-order valence-corrected chi connectivity index (χ0v) is 14.5. The van der Waals surface area contributed by atoms with E-state index in [2.05, 4.69) is 10.1 Å². The van der Waals surface area contributed by atoms with Gasteiger partial charge in [0.2, 0.25) is 0 Å². The van der Waals surface area contributed by atoms with Crippen LogP contribution in [0.15, 0.2) is 36.4 Å². The number of ether oxygens (including phenoxy) is 3. The van der Waals surface area contributed by atoms with E-state index >= 15 is 0 Å². The smallest absolute Gasteiger partial charge is 0.348 e. The van der Waals surface area contributed by atoms with Gasteiger partial charge in [-0.05, 0) is 36.8 Å². The van der Waals surface area contributed by atoms with Crippen molar-refractivity contribution >= 4 is 28.2 Å². The van der Waals surface area contributed by atoms with E-state index in [1.165, 1.54) is 7.11 Å². The molecule has 0 aliphatic heterocycles. The number of nitrogens with one attached hydrogen (secondary N) is 1. The van der Waals surface area contributed by atoms with Crippen molar-refractivity contribution in [3.63, 3.8) is 0 Å². The normalized spacial score (nSPS) is 11.6. The van der Waals surface area contributed by atoms with Crippen molar-refractivity contribution < 1.29 is 23.8 Å². The molecule has 0 bridgehead atoms. The molecule has 1 N–H and O–H groups in total. The van der Waals surface area contributed by atoms with Crippen LogP contribution in [0, 0.1) is 0 Å². The number of carbonyl (C=O) groups is 2. The first-order valence-electron chi connectivity index (χ1n) is 7.27. The largest absolute Gasteiger partial charge is 0.497 e. The summed E-state index contributed by atoms with van der Waals surface area (Å²) in [5.74, 6) is 0.0288. The second kappa shape index (κ2) is 8.47. The van der Waals surface area contributed by atoms with E-state index in [4.69, 9.17) is 9.47 Å². The summed E-state index contributed by atoms with van der Waals surface area (Å²) >= 11 is 1.15. The lowest BCUT2D eigenvalue weighted by Crippen LogP contribution is -2.27. The molecule has 128 valence electrons. The van der Waals surface area contributed by atoms with Crippen LogP contribution in [0.4, 0.5) is 5.00 Å². The number of carbonyl (C=O) groups excluding carboxylic acids is 2. The number of hydrogen-bond donors (Lipinski definition) is 1. The van der Waals surface area contributed by atoms with Crippen LogP contribution in [0.25, 0.3) is 0 Å². The van der Waals surface area contributed by atoms with Gasteiger partial charge in [-0.25, -0.2) is 4.79 Å². The molecule has 0 radical (unpaired) electrons. The highest BCUT2D eigenvalue weighted by Crippen LogP contribution is 2.23. The van der Waals surface area contributed by atoms with Crippen LogP contribution in [-0.4, -0.2) is 32.2 Å². The number of benzene rings is 1. The second-order valence-corrected chi connectivity index (χ2v) is 6.03. The number of amides is 1. The average Bonchev–Trinajstić information content (AvgIpc) is 3.07. The first-order chi connectivity index (χ1) is 11.5. The highest BCUT2D eigenvalue weighted by atomic mass is 32.1. The molecule has 6 nitrogen and oxygen atoms in total. The lowest BCUT2D eigenvalue weighted by atomic mass is 10.2. The summed E-state index contributed by atoms with van der Waals surface area (Å²) in [7, 11) is 2.91. The summed E-state index contributed by atoms with van der Waals surface area (Å²) in [5, 5.41) is 3.29. The minimum atomic E-state index is -0.639. The summed E-state index contributed by atoms with van der Waals surface area (Å²) < 4.78 is 15.4. The highest BCUT2D eigenvalue weighted by molar-refractivity contribution is 7.18. The van der Waals surface area contributed by atoms with Gasteiger partial charge in [0.1, 0.15) is 16.7 Å². The van der Waals surface area contributed by atoms with Crippen molar-refractivity contribution in [1.29, 1.82) is 0 Å². The Morgan fingerprint density at radius 2 is 2.00 bits per heavy atom. The van der Waals surface area contributed by atoms with Gasteiger partial charge >= 0.3 is 5.97 Å². The molecule has 7 heteroatoms. The maximum atomic E-state index is 12.1. The minimum Gasteiger partial charge on any atom is -0.497 e. The van der Waals surface area contributed by atoms with E-state index in [-0.39, 0.29) is 5.91 Å². The number of hydrogen-bond acceptors (Lipinski definition) is 6. The van der Waals surface area contributed by atoms with E-state index < -0.39 is 12.1 Å². The molecule has 24 heavy (non-hydrogen) atoms. The van der Waals surface area contributed by atoms with Crippen molar-refractivity contribution in [2.75, 3.05) is 19.5 Å². The molecule has 0 saturated heterocycles.